The lowest BCUT2D eigenvalue weighted by atomic mass is 10.1. The Kier molecular flexibility index (Phi) is 6.14. The van der Waals surface area contributed by atoms with Crippen LogP contribution in [0.5, 0.6) is 5.75 Å². The van der Waals surface area contributed by atoms with Gasteiger partial charge < -0.3 is 9.64 Å². The van der Waals surface area contributed by atoms with Gasteiger partial charge in [-0.05, 0) is 30.2 Å². The number of rotatable bonds is 8. The highest BCUT2D eigenvalue weighted by Crippen LogP contribution is 2.14. The third kappa shape index (κ3) is 5.13. The number of benzene rings is 2. The number of hydrogen-bond donors (Lipinski definition) is 0. The van der Waals surface area contributed by atoms with Crippen molar-refractivity contribution in [2.24, 2.45) is 0 Å². The summed E-state index contributed by atoms with van der Waals surface area (Å²) in [5.41, 5.74) is 1.55. The molecule has 7 heteroatoms. The van der Waals surface area contributed by atoms with E-state index in [0.717, 1.165) is 11.3 Å². The molecule has 0 saturated carbocycles. The first-order valence-electron chi connectivity index (χ1n) is 8.64. The molecule has 0 unspecified atom stereocenters. The number of ether oxygens (including phenoxy) is 1. The Hall–Kier alpha value is -3.22. The van der Waals surface area contributed by atoms with Gasteiger partial charge in [-0.15, -0.1) is 0 Å². The van der Waals surface area contributed by atoms with Crippen LogP contribution in [0.4, 0.5) is 4.39 Å². The number of methoxy groups -OCH3 is 1. The molecule has 140 valence electrons. The van der Waals surface area contributed by atoms with Crippen molar-refractivity contribution < 1.29 is 13.9 Å². The summed E-state index contributed by atoms with van der Waals surface area (Å²) >= 11 is 0. The predicted octanol–water partition coefficient (Wildman–Crippen LogP) is 2.70. The predicted molar refractivity (Wildman–Crippen MR) is 98.5 cm³/mol. The lowest BCUT2D eigenvalue weighted by Crippen LogP contribution is -2.35. The van der Waals surface area contributed by atoms with E-state index >= 15 is 0 Å². The molecule has 27 heavy (non-hydrogen) atoms. The Labute approximate surface area is 157 Å². The van der Waals surface area contributed by atoms with E-state index < -0.39 is 0 Å². The minimum absolute atomic E-state index is 0.0179. The zero-order valence-corrected chi connectivity index (χ0v) is 15.1. The van der Waals surface area contributed by atoms with Gasteiger partial charge in [0.2, 0.25) is 5.91 Å². The minimum atomic E-state index is -0.322. The average molecular weight is 368 g/mol. The molecule has 0 atom stereocenters. The van der Waals surface area contributed by atoms with Crippen molar-refractivity contribution in [3.05, 3.63) is 77.9 Å². The standard InChI is InChI=1S/C20H21FN4O2/c1-27-18-8-6-16(7-9-18)10-13-24(14-17-4-2-3-5-19(17)21)20(26)15-25-22-11-12-23-25/h2-9,11-12H,10,13-15H2,1H3. The van der Waals surface area contributed by atoms with Gasteiger partial charge in [-0.1, -0.05) is 30.3 Å². The van der Waals surface area contributed by atoms with Crippen molar-refractivity contribution in [1.29, 1.82) is 0 Å². The number of nitrogens with zero attached hydrogens (tertiary/aromatic N) is 4. The molecule has 0 fully saturated rings. The van der Waals surface area contributed by atoms with Crippen molar-refractivity contribution >= 4 is 5.91 Å². The molecule has 1 aromatic heterocycles. The first-order chi connectivity index (χ1) is 13.2. The first-order valence-corrected chi connectivity index (χ1v) is 8.64. The second-order valence-electron chi connectivity index (χ2n) is 6.06. The summed E-state index contributed by atoms with van der Waals surface area (Å²) in [6.45, 7) is 0.674. The van der Waals surface area contributed by atoms with Gasteiger partial charge >= 0.3 is 0 Å². The van der Waals surface area contributed by atoms with Crippen molar-refractivity contribution in [2.75, 3.05) is 13.7 Å². The van der Waals surface area contributed by atoms with Crippen molar-refractivity contribution in [3.63, 3.8) is 0 Å². The number of carbonyl (C=O) groups is 1. The van der Waals surface area contributed by atoms with Gasteiger partial charge in [-0.3, -0.25) is 4.79 Å². The molecular formula is C20H21FN4O2. The average Bonchev–Trinajstić information content (AvgIpc) is 3.20. The molecule has 0 aliphatic carbocycles. The summed E-state index contributed by atoms with van der Waals surface area (Å²) in [5, 5.41) is 7.94. The van der Waals surface area contributed by atoms with Gasteiger partial charge in [0.1, 0.15) is 18.1 Å². The van der Waals surface area contributed by atoms with Crippen LogP contribution < -0.4 is 4.74 Å². The molecule has 0 aliphatic heterocycles. The number of aromatic nitrogens is 3. The highest BCUT2D eigenvalue weighted by molar-refractivity contribution is 5.75. The summed E-state index contributed by atoms with van der Waals surface area (Å²) in [4.78, 5) is 15.7. The number of hydrogen-bond acceptors (Lipinski definition) is 4. The van der Waals surface area contributed by atoms with E-state index in [1.165, 1.54) is 23.3 Å². The molecule has 0 radical (unpaired) electrons. The van der Waals surface area contributed by atoms with Crippen LogP contribution in [0.2, 0.25) is 0 Å². The largest absolute Gasteiger partial charge is 0.497 e. The SMILES string of the molecule is COc1ccc(CCN(Cc2ccccc2F)C(=O)Cn2nccn2)cc1. The summed E-state index contributed by atoms with van der Waals surface area (Å²) < 4.78 is 19.2. The molecule has 2 aromatic carbocycles. The van der Waals surface area contributed by atoms with Crippen molar-refractivity contribution in [1.82, 2.24) is 19.9 Å². The Morgan fingerprint density at radius 3 is 2.48 bits per heavy atom. The van der Waals surface area contributed by atoms with Crippen LogP contribution in [-0.2, 0) is 24.3 Å². The molecule has 1 heterocycles. The fourth-order valence-electron chi connectivity index (χ4n) is 2.73. The molecule has 0 bridgehead atoms. The highest BCUT2D eigenvalue weighted by atomic mass is 19.1. The minimum Gasteiger partial charge on any atom is -0.497 e. The van der Waals surface area contributed by atoms with Gasteiger partial charge in [-0.2, -0.15) is 15.0 Å². The summed E-state index contributed by atoms with van der Waals surface area (Å²) in [7, 11) is 1.62. The Bertz CT molecular complexity index is 866. The normalized spacial score (nSPS) is 10.6. The van der Waals surface area contributed by atoms with Gasteiger partial charge in [0.05, 0.1) is 19.5 Å². The molecule has 3 aromatic rings. The summed E-state index contributed by atoms with van der Waals surface area (Å²) in [5.74, 6) is 0.294. The number of amides is 1. The summed E-state index contributed by atoms with van der Waals surface area (Å²) in [6, 6.07) is 14.2. The topological polar surface area (TPSA) is 60.2 Å². The lowest BCUT2D eigenvalue weighted by molar-refractivity contribution is -0.132. The van der Waals surface area contributed by atoms with Crippen molar-refractivity contribution in [3.8, 4) is 5.75 Å². The van der Waals surface area contributed by atoms with Crippen LogP contribution in [0.25, 0.3) is 0 Å². The lowest BCUT2D eigenvalue weighted by Gasteiger charge is -2.23. The maximum Gasteiger partial charge on any atom is 0.246 e. The van der Waals surface area contributed by atoms with Crippen LogP contribution in [0.1, 0.15) is 11.1 Å². The van der Waals surface area contributed by atoms with Gasteiger partial charge in [-0.25, -0.2) is 4.39 Å². The molecule has 3 rings (SSSR count). The third-order valence-electron chi connectivity index (χ3n) is 4.24. The van der Waals surface area contributed by atoms with Gasteiger partial charge in [0.15, 0.2) is 0 Å². The van der Waals surface area contributed by atoms with E-state index in [0.29, 0.717) is 18.5 Å². The van der Waals surface area contributed by atoms with Crippen LogP contribution in [0.15, 0.2) is 60.9 Å². The molecule has 0 spiro atoms. The quantitative estimate of drug-likeness (QED) is 0.613. The number of carbonyl (C=O) groups excluding carboxylic acids is 1. The maximum atomic E-state index is 14.1. The highest BCUT2D eigenvalue weighted by Gasteiger charge is 2.17. The zero-order chi connectivity index (χ0) is 19.1. The van der Waals surface area contributed by atoms with E-state index in [-0.39, 0.29) is 24.8 Å². The molecule has 0 N–H and O–H groups in total. The zero-order valence-electron chi connectivity index (χ0n) is 15.1. The van der Waals surface area contributed by atoms with Crippen molar-refractivity contribution in [2.45, 2.75) is 19.5 Å². The van der Waals surface area contributed by atoms with Crippen LogP contribution >= 0.6 is 0 Å². The fourth-order valence-corrected chi connectivity index (χ4v) is 2.73. The second-order valence-corrected chi connectivity index (χ2v) is 6.06. The van der Waals surface area contributed by atoms with E-state index in [1.807, 2.05) is 24.3 Å². The molecule has 0 saturated heterocycles. The monoisotopic (exact) mass is 368 g/mol. The number of halogens is 1. The Balaban J connectivity index is 1.71. The van der Waals surface area contributed by atoms with Crippen LogP contribution in [0.3, 0.4) is 0 Å². The van der Waals surface area contributed by atoms with E-state index in [1.54, 1.807) is 30.2 Å². The maximum absolute atomic E-state index is 14.1. The van der Waals surface area contributed by atoms with Crippen LogP contribution in [0, 0.1) is 5.82 Å². The van der Waals surface area contributed by atoms with E-state index in [9.17, 15) is 9.18 Å². The Morgan fingerprint density at radius 1 is 1.11 bits per heavy atom. The molecule has 1 amide bonds. The second kappa shape index (κ2) is 8.93. The summed E-state index contributed by atoms with van der Waals surface area (Å²) in [6.07, 6.45) is 3.69. The third-order valence-corrected chi connectivity index (χ3v) is 4.24. The van der Waals surface area contributed by atoms with E-state index in [2.05, 4.69) is 10.2 Å². The smallest absolute Gasteiger partial charge is 0.246 e. The van der Waals surface area contributed by atoms with Gasteiger partial charge in [0.25, 0.3) is 0 Å². The van der Waals surface area contributed by atoms with E-state index in [4.69, 9.17) is 4.74 Å². The Morgan fingerprint density at radius 2 is 1.81 bits per heavy atom. The fraction of sp³-hybridized carbons (Fsp3) is 0.250. The first kappa shape index (κ1) is 18.6. The van der Waals surface area contributed by atoms with Crippen LogP contribution in [-0.4, -0.2) is 39.5 Å². The molecular weight excluding hydrogens is 347 g/mol. The van der Waals surface area contributed by atoms with Gasteiger partial charge in [0, 0.05) is 18.7 Å². The molecule has 0 aliphatic rings. The molecule has 6 nitrogen and oxygen atoms in total.